The maximum Gasteiger partial charge on any atom is 0.253 e. The first-order valence-electron chi connectivity index (χ1n) is 11.3. The first kappa shape index (κ1) is 27.9. The van der Waals surface area contributed by atoms with Gasteiger partial charge in [0.05, 0.1) is 0 Å². The molecule has 0 saturated heterocycles. The zero-order valence-electron chi connectivity index (χ0n) is 18.4. The van der Waals surface area contributed by atoms with Crippen LogP contribution in [0.2, 0.25) is 0 Å². The van der Waals surface area contributed by atoms with Gasteiger partial charge in [0.2, 0.25) is 0 Å². The number of carbonyl (C=O) groups is 2. The predicted molar refractivity (Wildman–Crippen MR) is 135 cm³/mol. The van der Waals surface area contributed by atoms with Crippen LogP contribution in [0.15, 0.2) is 21.9 Å². The number of rotatable bonds is 18. The summed E-state index contributed by atoms with van der Waals surface area (Å²) in [4.78, 5) is 25.5. The van der Waals surface area contributed by atoms with Crippen molar-refractivity contribution in [3.63, 3.8) is 0 Å². The normalized spacial score (nSPS) is 11.1. The van der Waals surface area contributed by atoms with E-state index in [1.807, 2.05) is 0 Å². The Morgan fingerprint density at radius 1 is 0.633 bits per heavy atom. The molecule has 0 heterocycles. The zero-order chi connectivity index (χ0) is 22.2. The monoisotopic (exact) mass is 490 g/mol. The molecule has 0 spiro atoms. The molecule has 0 aliphatic rings. The summed E-state index contributed by atoms with van der Waals surface area (Å²) in [6, 6.07) is 3.52. The Labute approximate surface area is 201 Å². The predicted octanol–water partition coefficient (Wildman–Crippen LogP) is 9.35. The van der Waals surface area contributed by atoms with Crippen LogP contribution in [0, 0.1) is 0 Å². The largest absolute Gasteiger partial charge is 0.276 e. The Hall–Kier alpha value is -0.160. The smallest absolute Gasteiger partial charge is 0.253 e. The number of halogens is 2. The van der Waals surface area contributed by atoms with Gasteiger partial charge in [-0.1, -0.05) is 78.1 Å². The Bertz CT molecular complexity index is 595. The molecular weight excluding hydrogens is 455 g/mol. The van der Waals surface area contributed by atoms with Crippen molar-refractivity contribution in [3.8, 4) is 0 Å². The maximum atomic E-state index is 12.0. The quantitative estimate of drug-likeness (QED) is 0.116. The first-order valence-corrected chi connectivity index (χ1v) is 14.1. The highest BCUT2D eigenvalue weighted by atomic mass is 35.5. The average Bonchev–Trinajstić information content (AvgIpc) is 2.72. The van der Waals surface area contributed by atoms with Crippen LogP contribution >= 0.6 is 46.7 Å². The van der Waals surface area contributed by atoms with Gasteiger partial charge in [-0.15, -0.1) is 23.5 Å². The van der Waals surface area contributed by atoms with Crippen LogP contribution in [0.4, 0.5) is 0 Å². The van der Waals surface area contributed by atoms with Gasteiger partial charge in [0.1, 0.15) is 0 Å². The molecule has 0 saturated carbocycles. The molecule has 1 aromatic carbocycles. The Morgan fingerprint density at radius 2 is 0.967 bits per heavy atom. The van der Waals surface area contributed by atoms with E-state index in [9.17, 15) is 9.59 Å². The number of thioether (sulfide) groups is 2. The minimum absolute atomic E-state index is 0.476. The molecule has 0 bridgehead atoms. The highest BCUT2D eigenvalue weighted by molar-refractivity contribution is 7.99. The third-order valence-electron chi connectivity index (χ3n) is 5.02. The molecule has 0 atom stereocenters. The fraction of sp³-hybridized carbons (Fsp3) is 0.667. The Balaban J connectivity index is 2.68. The molecule has 1 rings (SSSR count). The number of unbranched alkanes of at least 4 members (excludes halogenated alkanes) is 10. The van der Waals surface area contributed by atoms with E-state index in [0.29, 0.717) is 11.1 Å². The molecule has 170 valence electrons. The van der Waals surface area contributed by atoms with Crippen LogP contribution < -0.4 is 0 Å². The first-order chi connectivity index (χ1) is 14.5. The van der Waals surface area contributed by atoms with Crippen molar-refractivity contribution in [1.29, 1.82) is 0 Å². The number of carbonyl (C=O) groups excluding carboxylic acids is 2. The lowest BCUT2D eigenvalue weighted by Crippen LogP contribution is -2.01. The van der Waals surface area contributed by atoms with Gasteiger partial charge in [0.15, 0.2) is 0 Å². The van der Waals surface area contributed by atoms with Crippen molar-refractivity contribution in [2.45, 2.75) is 101 Å². The van der Waals surface area contributed by atoms with Crippen molar-refractivity contribution in [3.05, 3.63) is 23.3 Å². The molecule has 6 heteroatoms. The van der Waals surface area contributed by atoms with Gasteiger partial charge in [0.25, 0.3) is 10.5 Å². The Kier molecular flexibility index (Phi) is 16.2. The van der Waals surface area contributed by atoms with Gasteiger partial charge < -0.3 is 0 Å². The third-order valence-corrected chi connectivity index (χ3v) is 7.71. The molecule has 0 unspecified atom stereocenters. The molecule has 0 amide bonds. The highest BCUT2D eigenvalue weighted by Crippen LogP contribution is 2.34. The van der Waals surface area contributed by atoms with Gasteiger partial charge in [-0.2, -0.15) is 0 Å². The van der Waals surface area contributed by atoms with Crippen LogP contribution in [0.1, 0.15) is 112 Å². The zero-order valence-corrected chi connectivity index (χ0v) is 21.6. The Morgan fingerprint density at radius 3 is 1.30 bits per heavy atom. The van der Waals surface area contributed by atoms with E-state index in [2.05, 4.69) is 13.8 Å². The van der Waals surface area contributed by atoms with Crippen molar-refractivity contribution in [2.24, 2.45) is 0 Å². The van der Waals surface area contributed by atoms with E-state index in [0.717, 1.165) is 34.1 Å². The second kappa shape index (κ2) is 17.4. The van der Waals surface area contributed by atoms with Gasteiger partial charge in [-0.25, -0.2) is 0 Å². The average molecular weight is 492 g/mol. The van der Waals surface area contributed by atoms with E-state index >= 15 is 0 Å². The summed E-state index contributed by atoms with van der Waals surface area (Å²) in [7, 11) is 0. The van der Waals surface area contributed by atoms with Gasteiger partial charge >= 0.3 is 0 Å². The van der Waals surface area contributed by atoms with Crippen LogP contribution in [0.3, 0.4) is 0 Å². The summed E-state index contributed by atoms with van der Waals surface area (Å²) >= 11 is 14.9. The fourth-order valence-electron chi connectivity index (χ4n) is 3.24. The van der Waals surface area contributed by atoms with Gasteiger partial charge in [-0.05, 0) is 59.7 Å². The topological polar surface area (TPSA) is 34.1 Å². The molecule has 0 aliphatic heterocycles. The summed E-state index contributed by atoms with van der Waals surface area (Å²) in [6.07, 6.45) is 14.7. The molecule has 0 fully saturated rings. The van der Waals surface area contributed by atoms with E-state index in [1.165, 1.54) is 64.2 Å². The lowest BCUT2D eigenvalue weighted by molar-refractivity contribution is 0.106. The van der Waals surface area contributed by atoms with E-state index < -0.39 is 10.5 Å². The van der Waals surface area contributed by atoms with Crippen molar-refractivity contribution in [1.82, 2.24) is 0 Å². The number of benzene rings is 1. The molecule has 0 aliphatic carbocycles. The van der Waals surface area contributed by atoms with Crippen LogP contribution in [-0.2, 0) is 0 Å². The summed E-state index contributed by atoms with van der Waals surface area (Å²) < 4.78 is 0. The molecule has 2 nitrogen and oxygen atoms in total. The highest BCUT2D eigenvalue weighted by Gasteiger charge is 2.18. The van der Waals surface area contributed by atoms with Crippen molar-refractivity contribution in [2.75, 3.05) is 11.5 Å². The van der Waals surface area contributed by atoms with Crippen LogP contribution in [0.25, 0.3) is 0 Å². The van der Waals surface area contributed by atoms with E-state index in [-0.39, 0.29) is 0 Å². The fourth-order valence-corrected chi connectivity index (χ4v) is 5.81. The van der Waals surface area contributed by atoms with Crippen LogP contribution in [0.5, 0.6) is 0 Å². The standard InChI is InChI=1S/C24H36Cl2O2S2/c1-3-5-7-9-11-13-15-29-21-17-20(24(26)28)22(18-19(21)23(25)27)30-16-14-12-10-8-6-4-2/h17-18H,3-16H2,1-2H3. The lowest BCUT2D eigenvalue weighted by Gasteiger charge is -2.12. The SMILES string of the molecule is CCCCCCCCSc1cc(C(=O)Cl)c(SCCCCCCCC)cc1C(=O)Cl. The minimum Gasteiger partial charge on any atom is -0.276 e. The molecule has 0 radical (unpaired) electrons. The number of hydrogen-bond acceptors (Lipinski definition) is 4. The molecule has 0 N–H and O–H groups in total. The molecular formula is C24H36Cl2O2S2. The van der Waals surface area contributed by atoms with Crippen LogP contribution in [-0.4, -0.2) is 22.0 Å². The van der Waals surface area contributed by atoms with Crippen molar-refractivity contribution < 1.29 is 9.59 Å². The molecule has 0 aromatic heterocycles. The maximum absolute atomic E-state index is 12.0. The van der Waals surface area contributed by atoms with Gasteiger partial charge in [0, 0.05) is 20.9 Å². The summed E-state index contributed by atoms with van der Waals surface area (Å²) in [6.45, 7) is 4.43. The second-order valence-corrected chi connectivity index (χ2v) is 10.6. The van der Waals surface area contributed by atoms with Crippen molar-refractivity contribution >= 4 is 57.2 Å². The summed E-state index contributed by atoms with van der Waals surface area (Å²) in [5, 5.41) is -0.953. The number of hydrogen-bond donors (Lipinski definition) is 0. The van der Waals surface area contributed by atoms with E-state index in [4.69, 9.17) is 23.2 Å². The minimum atomic E-state index is -0.476. The third kappa shape index (κ3) is 11.5. The van der Waals surface area contributed by atoms with Gasteiger partial charge in [-0.3, -0.25) is 9.59 Å². The summed E-state index contributed by atoms with van der Waals surface area (Å²) in [5.41, 5.74) is 0.972. The second-order valence-electron chi connectivity index (χ2n) is 7.62. The lowest BCUT2D eigenvalue weighted by atomic mass is 10.1. The van der Waals surface area contributed by atoms with E-state index in [1.54, 1.807) is 35.7 Å². The molecule has 30 heavy (non-hydrogen) atoms. The summed E-state index contributed by atoms with van der Waals surface area (Å²) in [5.74, 6) is 1.81. The molecule has 1 aromatic rings.